The Bertz CT molecular complexity index is 815. The zero-order chi connectivity index (χ0) is 15.7. The highest BCUT2D eigenvalue weighted by atomic mass is 32.1. The van der Waals surface area contributed by atoms with Crippen molar-refractivity contribution in [2.45, 2.75) is 20.4 Å². The van der Waals surface area contributed by atoms with Crippen molar-refractivity contribution in [3.8, 4) is 10.6 Å². The van der Waals surface area contributed by atoms with Crippen molar-refractivity contribution in [3.63, 3.8) is 0 Å². The van der Waals surface area contributed by atoms with Crippen molar-refractivity contribution in [1.29, 1.82) is 0 Å². The summed E-state index contributed by atoms with van der Waals surface area (Å²) in [5, 5.41) is 12.3. The molecule has 7 nitrogen and oxygen atoms in total. The van der Waals surface area contributed by atoms with Gasteiger partial charge in [-0.25, -0.2) is 4.98 Å². The third-order valence-corrected chi connectivity index (χ3v) is 4.27. The number of amides is 1. The first-order chi connectivity index (χ1) is 10.5. The Morgan fingerprint density at radius 3 is 2.82 bits per heavy atom. The first-order valence-electron chi connectivity index (χ1n) is 6.78. The van der Waals surface area contributed by atoms with E-state index in [1.165, 1.54) is 0 Å². The van der Waals surface area contributed by atoms with Crippen LogP contribution < -0.4 is 5.32 Å². The summed E-state index contributed by atoms with van der Waals surface area (Å²) < 4.78 is 3.23. The highest BCUT2D eigenvalue weighted by molar-refractivity contribution is 7.15. The summed E-state index contributed by atoms with van der Waals surface area (Å²) in [6, 6.07) is 3.65. The molecule has 22 heavy (non-hydrogen) atoms. The fourth-order valence-corrected chi connectivity index (χ4v) is 3.05. The Morgan fingerprint density at radius 1 is 1.36 bits per heavy atom. The third-order valence-electron chi connectivity index (χ3n) is 3.17. The smallest absolute Gasteiger partial charge is 0.247 e. The molecular weight excluding hydrogens is 300 g/mol. The van der Waals surface area contributed by atoms with E-state index in [4.69, 9.17) is 0 Å². The zero-order valence-corrected chi connectivity index (χ0v) is 13.4. The van der Waals surface area contributed by atoms with E-state index in [2.05, 4.69) is 20.5 Å². The van der Waals surface area contributed by atoms with E-state index in [1.807, 2.05) is 19.9 Å². The summed E-state index contributed by atoms with van der Waals surface area (Å²) >= 11 is 1.61. The summed E-state index contributed by atoms with van der Waals surface area (Å²) in [7, 11) is 1.77. The van der Waals surface area contributed by atoms with Gasteiger partial charge in [-0.1, -0.05) is 0 Å². The second kappa shape index (κ2) is 5.72. The SMILES string of the molecule is Cc1nc(C)c(-c2ccn(CC(=O)Nc3ccnn3C)n2)s1. The van der Waals surface area contributed by atoms with Crippen LogP contribution in [0.5, 0.6) is 0 Å². The van der Waals surface area contributed by atoms with E-state index in [1.54, 1.807) is 46.2 Å². The fourth-order valence-electron chi connectivity index (χ4n) is 2.17. The lowest BCUT2D eigenvalue weighted by molar-refractivity contribution is -0.116. The van der Waals surface area contributed by atoms with Gasteiger partial charge in [-0.15, -0.1) is 11.3 Å². The largest absolute Gasteiger partial charge is 0.309 e. The number of anilines is 1. The standard InChI is InChI=1S/C14H16N6OS/c1-9-14(22-10(2)16-9)11-5-7-20(18-11)8-13(21)17-12-4-6-15-19(12)3/h4-7H,8H2,1-3H3,(H,17,21). The number of nitrogens with one attached hydrogen (secondary N) is 1. The Labute approximate surface area is 131 Å². The summed E-state index contributed by atoms with van der Waals surface area (Å²) in [4.78, 5) is 17.5. The molecule has 0 aliphatic carbocycles. The van der Waals surface area contributed by atoms with Crippen molar-refractivity contribution in [2.75, 3.05) is 5.32 Å². The van der Waals surface area contributed by atoms with Gasteiger partial charge in [-0.3, -0.25) is 14.2 Å². The molecule has 0 aliphatic heterocycles. The number of rotatable bonds is 4. The maximum absolute atomic E-state index is 12.0. The van der Waals surface area contributed by atoms with Crippen LogP contribution in [0.4, 0.5) is 5.82 Å². The molecule has 3 aromatic rings. The van der Waals surface area contributed by atoms with Crippen LogP contribution in [-0.2, 0) is 18.4 Å². The lowest BCUT2D eigenvalue weighted by Gasteiger charge is -2.05. The molecule has 1 amide bonds. The number of thiazole rings is 1. The van der Waals surface area contributed by atoms with E-state index in [-0.39, 0.29) is 12.5 Å². The Balaban J connectivity index is 1.70. The molecule has 3 heterocycles. The monoisotopic (exact) mass is 316 g/mol. The average Bonchev–Trinajstić information content (AvgIpc) is 3.13. The normalized spacial score (nSPS) is 10.9. The topological polar surface area (TPSA) is 77.6 Å². The minimum atomic E-state index is -0.143. The van der Waals surface area contributed by atoms with Gasteiger partial charge >= 0.3 is 0 Å². The first-order valence-corrected chi connectivity index (χ1v) is 7.60. The van der Waals surface area contributed by atoms with Gasteiger partial charge in [0.1, 0.15) is 18.1 Å². The molecule has 3 aromatic heterocycles. The fraction of sp³-hybridized carbons (Fsp3) is 0.286. The maximum atomic E-state index is 12.0. The Morgan fingerprint density at radius 2 is 2.18 bits per heavy atom. The van der Waals surface area contributed by atoms with Gasteiger partial charge in [0.05, 0.1) is 21.8 Å². The summed E-state index contributed by atoms with van der Waals surface area (Å²) in [6.45, 7) is 4.09. The Hall–Kier alpha value is -2.48. The number of carbonyl (C=O) groups is 1. The summed E-state index contributed by atoms with van der Waals surface area (Å²) in [5.74, 6) is 0.516. The molecule has 0 bridgehead atoms. The minimum absolute atomic E-state index is 0.143. The van der Waals surface area contributed by atoms with E-state index in [0.717, 1.165) is 21.3 Å². The molecule has 0 saturated heterocycles. The van der Waals surface area contributed by atoms with Gasteiger partial charge in [0, 0.05) is 19.3 Å². The highest BCUT2D eigenvalue weighted by Gasteiger charge is 2.12. The zero-order valence-electron chi connectivity index (χ0n) is 12.6. The molecule has 0 atom stereocenters. The molecule has 114 valence electrons. The van der Waals surface area contributed by atoms with Crippen LogP contribution >= 0.6 is 11.3 Å². The molecule has 0 unspecified atom stereocenters. The summed E-state index contributed by atoms with van der Waals surface area (Å²) in [5.41, 5.74) is 1.81. The van der Waals surface area contributed by atoms with E-state index in [0.29, 0.717) is 5.82 Å². The molecule has 0 saturated carbocycles. The number of aromatic nitrogens is 5. The molecule has 8 heteroatoms. The second-order valence-corrected chi connectivity index (χ2v) is 6.14. The minimum Gasteiger partial charge on any atom is -0.309 e. The van der Waals surface area contributed by atoms with Crippen molar-refractivity contribution in [1.82, 2.24) is 24.5 Å². The van der Waals surface area contributed by atoms with Crippen LogP contribution in [0, 0.1) is 13.8 Å². The molecule has 0 aliphatic rings. The molecule has 0 aromatic carbocycles. The van der Waals surface area contributed by atoms with Crippen LogP contribution in [-0.4, -0.2) is 30.5 Å². The van der Waals surface area contributed by atoms with E-state index >= 15 is 0 Å². The number of carbonyl (C=O) groups excluding carboxylic acids is 1. The maximum Gasteiger partial charge on any atom is 0.247 e. The molecular formula is C14H16N6OS. The van der Waals surface area contributed by atoms with Crippen LogP contribution in [0.1, 0.15) is 10.7 Å². The molecule has 0 spiro atoms. The number of hydrogen-bond acceptors (Lipinski definition) is 5. The third kappa shape index (κ3) is 2.91. The van der Waals surface area contributed by atoms with Crippen LogP contribution in [0.2, 0.25) is 0 Å². The first kappa shape index (κ1) is 14.5. The highest BCUT2D eigenvalue weighted by Crippen LogP contribution is 2.27. The van der Waals surface area contributed by atoms with Crippen molar-refractivity contribution < 1.29 is 4.79 Å². The predicted octanol–water partition coefficient (Wildman–Crippen LogP) is 2.00. The molecule has 0 fully saturated rings. The molecule has 3 rings (SSSR count). The summed E-state index contributed by atoms with van der Waals surface area (Å²) in [6.07, 6.45) is 3.43. The van der Waals surface area contributed by atoms with Crippen molar-refractivity contribution in [2.24, 2.45) is 7.05 Å². The van der Waals surface area contributed by atoms with Crippen LogP contribution in [0.15, 0.2) is 24.5 Å². The number of nitrogens with zero attached hydrogens (tertiary/aromatic N) is 5. The second-order valence-electron chi connectivity index (χ2n) is 4.93. The molecule has 0 radical (unpaired) electrons. The van der Waals surface area contributed by atoms with Gasteiger partial charge in [-0.2, -0.15) is 10.2 Å². The van der Waals surface area contributed by atoms with Crippen LogP contribution in [0.3, 0.4) is 0 Å². The quantitative estimate of drug-likeness (QED) is 0.798. The lowest BCUT2D eigenvalue weighted by Crippen LogP contribution is -2.20. The van der Waals surface area contributed by atoms with Crippen molar-refractivity contribution >= 4 is 23.1 Å². The van der Waals surface area contributed by atoms with Crippen molar-refractivity contribution in [3.05, 3.63) is 35.2 Å². The van der Waals surface area contributed by atoms with Gasteiger partial charge < -0.3 is 5.32 Å². The van der Waals surface area contributed by atoms with E-state index < -0.39 is 0 Å². The van der Waals surface area contributed by atoms with Crippen LogP contribution in [0.25, 0.3) is 10.6 Å². The lowest BCUT2D eigenvalue weighted by atomic mass is 10.3. The predicted molar refractivity (Wildman–Crippen MR) is 84.6 cm³/mol. The molecule has 1 N–H and O–H groups in total. The number of hydrogen-bond donors (Lipinski definition) is 1. The van der Waals surface area contributed by atoms with Gasteiger partial charge in [0.2, 0.25) is 5.91 Å². The average molecular weight is 316 g/mol. The van der Waals surface area contributed by atoms with Gasteiger partial charge in [0.25, 0.3) is 0 Å². The number of aryl methyl sites for hydroxylation is 3. The van der Waals surface area contributed by atoms with Gasteiger partial charge in [0.15, 0.2) is 0 Å². The Kier molecular flexibility index (Phi) is 3.76. The van der Waals surface area contributed by atoms with Gasteiger partial charge in [-0.05, 0) is 19.9 Å². The van der Waals surface area contributed by atoms with E-state index in [9.17, 15) is 4.79 Å².